The minimum absolute atomic E-state index is 0.211. The topological polar surface area (TPSA) is 71.1 Å². The Morgan fingerprint density at radius 3 is 2.75 bits per heavy atom. The van der Waals surface area contributed by atoms with Crippen LogP contribution in [0.25, 0.3) is 33.4 Å². The maximum Gasteiger partial charge on any atom is 0.245 e. The zero-order valence-corrected chi connectivity index (χ0v) is 17.3. The predicted molar refractivity (Wildman–Crippen MR) is 118 cm³/mol. The van der Waals surface area contributed by atoms with Crippen LogP contribution in [0.5, 0.6) is 5.75 Å². The van der Waals surface area contributed by atoms with Crippen molar-refractivity contribution >= 4 is 16.9 Å². The van der Waals surface area contributed by atoms with Crippen LogP contribution in [-0.2, 0) is 4.79 Å². The molecule has 32 heavy (non-hydrogen) atoms. The maximum absolute atomic E-state index is 14.0. The fraction of sp³-hybridized carbons (Fsp3) is 0.125. The number of carbonyl (C=O) groups excluding carboxylic acids is 1. The SMILES string of the molecule is C=CC(=O)N(C)CCOc1cnccc1-c1[nH]c2cccnc2c1-c1cc(F)cc(F)c1. The van der Waals surface area contributed by atoms with Gasteiger partial charge in [-0.1, -0.05) is 6.58 Å². The standard InChI is InChI=1S/C24H20F2N4O2/c1-3-21(31)30(2)9-10-32-20-14-27-8-6-18(20)23-22(15-11-16(25)13-17(26)12-15)24-19(29-23)5-4-7-28-24/h3-8,11-14,29H,1,9-10H2,2H3. The molecular formula is C24H20F2N4O2. The number of rotatable bonds is 7. The second kappa shape index (κ2) is 8.97. The maximum atomic E-state index is 14.0. The number of aromatic nitrogens is 3. The monoisotopic (exact) mass is 434 g/mol. The van der Waals surface area contributed by atoms with Gasteiger partial charge >= 0.3 is 0 Å². The van der Waals surface area contributed by atoms with Crippen LogP contribution in [-0.4, -0.2) is 46.0 Å². The molecule has 4 rings (SSSR count). The summed E-state index contributed by atoms with van der Waals surface area (Å²) in [4.78, 5) is 25.0. The number of aromatic amines is 1. The van der Waals surface area contributed by atoms with Crippen LogP contribution in [0.3, 0.4) is 0 Å². The Hall–Kier alpha value is -4.07. The van der Waals surface area contributed by atoms with Crippen molar-refractivity contribution in [2.45, 2.75) is 0 Å². The number of nitrogens with one attached hydrogen (secondary N) is 1. The number of nitrogens with zero attached hydrogens (tertiary/aromatic N) is 3. The molecule has 0 aliphatic carbocycles. The largest absolute Gasteiger partial charge is 0.489 e. The summed E-state index contributed by atoms with van der Waals surface area (Å²) in [6, 6.07) is 8.71. The third-order valence-corrected chi connectivity index (χ3v) is 4.99. The van der Waals surface area contributed by atoms with E-state index in [0.717, 1.165) is 6.07 Å². The number of pyridine rings is 2. The third kappa shape index (κ3) is 4.20. The van der Waals surface area contributed by atoms with Crippen LogP contribution in [0.4, 0.5) is 8.78 Å². The summed E-state index contributed by atoms with van der Waals surface area (Å²) in [6.45, 7) is 4.03. The molecular weight excluding hydrogens is 414 g/mol. The molecule has 0 saturated heterocycles. The third-order valence-electron chi connectivity index (χ3n) is 4.99. The molecule has 0 unspecified atom stereocenters. The first-order chi connectivity index (χ1) is 15.5. The van der Waals surface area contributed by atoms with E-state index in [9.17, 15) is 13.6 Å². The average Bonchev–Trinajstić information content (AvgIpc) is 3.17. The van der Waals surface area contributed by atoms with E-state index in [1.807, 2.05) is 6.07 Å². The Labute approximate surface area is 183 Å². The molecule has 1 aromatic carbocycles. The van der Waals surface area contributed by atoms with Gasteiger partial charge in [0.25, 0.3) is 0 Å². The van der Waals surface area contributed by atoms with Gasteiger partial charge in [-0.25, -0.2) is 8.78 Å². The van der Waals surface area contributed by atoms with Gasteiger partial charge in [0.15, 0.2) is 0 Å². The summed E-state index contributed by atoms with van der Waals surface area (Å²) in [5.41, 5.74) is 3.43. The normalized spacial score (nSPS) is 10.8. The van der Waals surface area contributed by atoms with Crippen molar-refractivity contribution in [1.82, 2.24) is 19.9 Å². The quantitative estimate of drug-likeness (QED) is 0.432. The molecule has 0 atom stereocenters. The van der Waals surface area contributed by atoms with Crippen molar-refractivity contribution in [3.8, 4) is 28.1 Å². The Morgan fingerprint density at radius 1 is 1.22 bits per heavy atom. The Bertz CT molecular complexity index is 1280. The van der Waals surface area contributed by atoms with E-state index >= 15 is 0 Å². The van der Waals surface area contributed by atoms with E-state index in [1.54, 1.807) is 37.8 Å². The van der Waals surface area contributed by atoms with E-state index in [-0.39, 0.29) is 12.5 Å². The zero-order chi connectivity index (χ0) is 22.7. The summed E-state index contributed by atoms with van der Waals surface area (Å²) < 4.78 is 34.0. The fourth-order valence-electron chi connectivity index (χ4n) is 3.46. The lowest BCUT2D eigenvalue weighted by atomic mass is 10.00. The summed E-state index contributed by atoms with van der Waals surface area (Å²) >= 11 is 0. The highest BCUT2D eigenvalue weighted by atomic mass is 19.1. The molecule has 0 fully saturated rings. The fourth-order valence-corrected chi connectivity index (χ4v) is 3.46. The average molecular weight is 434 g/mol. The minimum atomic E-state index is -0.683. The number of likely N-dealkylation sites (N-methyl/N-ethyl adjacent to an activating group) is 1. The van der Waals surface area contributed by atoms with Crippen LogP contribution < -0.4 is 4.74 Å². The molecule has 3 heterocycles. The summed E-state index contributed by atoms with van der Waals surface area (Å²) in [5.74, 6) is -1.12. The molecule has 1 amide bonds. The minimum Gasteiger partial charge on any atom is -0.489 e. The van der Waals surface area contributed by atoms with Crippen molar-refractivity contribution in [2.24, 2.45) is 0 Å². The molecule has 0 aliphatic rings. The first-order valence-electron chi connectivity index (χ1n) is 9.86. The van der Waals surface area contributed by atoms with E-state index in [1.165, 1.54) is 23.1 Å². The predicted octanol–water partition coefficient (Wildman–Crippen LogP) is 4.59. The van der Waals surface area contributed by atoms with E-state index in [0.29, 0.717) is 45.7 Å². The number of carbonyl (C=O) groups is 1. The van der Waals surface area contributed by atoms with Crippen LogP contribution in [0.15, 0.2) is 67.6 Å². The molecule has 0 saturated carbocycles. The molecule has 3 aromatic heterocycles. The Kier molecular flexibility index (Phi) is 5.93. The molecule has 0 aliphatic heterocycles. The van der Waals surface area contributed by atoms with Gasteiger partial charge < -0.3 is 14.6 Å². The van der Waals surface area contributed by atoms with Crippen LogP contribution in [0, 0.1) is 11.6 Å². The highest BCUT2D eigenvalue weighted by Gasteiger charge is 2.20. The van der Waals surface area contributed by atoms with Crippen molar-refractivity contribution in [3.63, 3.8) is 0 Å². The van der Waals surface area contributed by atoms with E-state index < -0.39 is 11.6 Å². The van der Waals surface area contributed by atoms with Gasteiger partial charge in [0.05, 0.1) is 29.5 Å². The molecule has 1 N–H and O–H groups in total. The second-order valence-corrected chi connectivity index (χ2v) is 7.12. The lowest BCUT2D eigenvalue weighted by Crippen LogP contribution is -2.29. The summed E-state index contributed by atoms with van der Waals surface area (Å²) in [7, 11) is 1.65. The number of benzene rings is 1. The van der Waals surface area contributed by atoms with E-state index in [2.05, 4.69) is 21.5 Å². The Balaban J connectivity index is 1.78. The van der Waals surface area contributed by atoms with Gasteiger partial charge in [0.1, 0.15) is 24.0 Å². The van der Waals surface area contributed by atoms with Crippen LogP contribution in [0.1, 0.15) is 0 Å². The summed E-state index contributed by atoms with van der Waals surface area (Å²) in [5, 5.41) is 0. The number of ether oxygens (including phenoxy) is 1. The molecule has 0 radical (unpaired) electrons. The molecule has 8 heteroatoms. The van der Waals surface area contributed by atoms with Crippen molar-refractivity contribution < 1.29 is 18.3 Å². The molecule has 0 bridgehead atoms. The molecule has 0 spiro atoms. The number of halogens is 2. The zero-order valence-electron chi connectivity index (χ0n) is 17.3. The van der Waals surface area contributed by atoms with Gasteiger partial charge in [-0.05, 0) is 42.0 Å². The lowest BCUT2D eigenvalue weighted by Gasteiger charge is -2.16. The number of fused-ring (bicyclic) bond motifs is 1. The van der Waals surface area contributed by atoms with Crippen molar-refractivity contribution in [1.29, 1.82) is 0 Å². The van der Waals surface area contributed by atoms with Gasteiger partial charge in [-0.3, -0.25) is 14.8 Å². The van der Waals surface area contributed by atoms with Gasteiger partial charge in [-0.15, -0.1) is 0 Å². The second-order valence-electron chi connectivity index (χ2n) is 7.12. The summed E-state index contributed by atoms with van der Waals surface area (Å²) in [6.07, 6.45) is 6.01. The number of hydrogen-bond donors (Lipinski definition) is 1. The van der Waals surface area contributed by atoms with Gasteiger partial charge in [0, 0.05) is 36.6 Å². The molecule has 6 nitrogen and oxygen atoms in total. The number of hydrogen-bond acceptors (Lipinski definition) is 4. The highest BCUT2D eigenvalue weighted by molar-refractivity contribution is 6.02. The highest BCUT2D eigenvalue weighted by Crippen LogP contribution is 2.40. The van der Waals surface area contributed by atoms with E-state index in [4.69, 9.17) is 4.74 Å². The first kappa shape index (κ1) is 21.2. The number of H-pyrrole nitrogens is 1. The lowest BCUT2D eigenvalue weighted by molar-refractivity contribution is -0.125. The van der Waals surface area contributed by atoms with Crippen molar-refractivity contribution in [3.05, 3.63) is 79.3 Å². The Morgan fingerprint density at radius 2 is 2.00 bits per heavy atom. The van der Waals surface area contributed by atoms with Crippen molar-refractivity contribution in [2.75, 3.05) is 20.2 Å². The van der Waals surface area contributed by atoms with Crippen LogP contribution >= 0.6 is 0 Å². The first-order valence-corrected chi connectivity index (χ1v) is 9.86. The molecule has 4 aromatic rings. The number of amides is 1. The van der Waals surface area contributed by atoms with Crippen LogP contribution in [0.2, 0.25) is 0 Å². The molecule has 162 valence electrons. The smallest absolute Gasteiger partial charge is 0.245 e. The van der Waals surface area contributed by atoms with Gasteiger partial charge in [-0.2, -0.15) is 0 Å². The van der Waals surface area contributed by atoms with Gasteiger partial charge in [0.2, 0.25) is 5.91 Å².